The molecule has 1 aromatic rings. The molecule has 0 saturated carbocycles. The van der Waals surface area contributed by atoms with Crippen LogP contribution in [0.3, 0.4) is 0 Å². The highest BCUT2D eigenvalue weighted by atomic mass is 19.1. The van der Waals surface area contributed by atoms with Gasteiger partial charge in [0.1, 0.15) is 5.82 Å². The molecule has 0 aliphatic carbocycles. The summed E-state index contributed by atoms with van der Waals surface area (Å²) < 4.78 is 13.2. The van der Waals surface area contributed by atoms with E-state index in [0.29, 0.717) is 23.6 Å². The first-order valence-corrected chi connectivity index (χ1v) is 5.70. The van der Waals surface area contributed by atoms with Crippen LogP contribution in [-0.2, 0) is 11.2 Å². The van der Waals surface area contributed by atoms with Crippen LogP contribution in [0.2, 0.25) is 0 Å². The lowest BCUT2D eigenvalue weighted by Gasteiger charge is -2.08. The first-order valence-electron chi connectivity index (χ1n) is 5.70. The Labute approximate surface area is 102 Å². The Morgan fingerprint density at radius 1 is 1.47 bits per heavy atom. The van der Waals surface area contributed by atoms with Gasteiger partial charge >= 0.3 is 0 Å². The van der Waals surface area contributed by atoms with E-state index in [-0.39, 0.29) is 18.1 Å². The van der Waals surface area contributed by atoms with E-state index in [1.807, 2.05) is 13.8 Å². The molecule has 2 nitrogen and oxygen atoms in total. The van der Waals surface area contributed by atoms with Gasteiger partial charge in [-0.1, -0.05) is 32.6 Å². The van der Waals surface area contributed by atoms with E-state index in [1.54, 1.807) is 12.1 Å². The van der Waals surface area contributed by atoms with E-state index in [2.05, 4.69) is 11.9 Å². The number of hydrogen-bond acceptors (Lipinski definition) is 1. The van der Waals surface area contributed by atoms with Gasteiger partial charge < -0.3 is 5.32 Å². The smallest absolute Gasteiger partial charge is 0.224 e. The molecule has 0 aliphatic rings. The minimum Gasteiger partial charge on any atom is -0.356 e. The predicted molar refractivity (Wildman–Crippen MR) is 68.0 cm³/mol. The molecule has 0 radical (unpaired) electrons. The molecule has 0 unspecified atom stereocenters. The lowest BCUT2D eigenvalue weighted by Crippen LogP contribution is -2.28. The lowest BCUT2D eigenvalue weighted by molar-refractivity contribution is -0.120. The van der Waals surface area contributed by atoms with E-state index in [9.17, 15) is 9.18 Å². The second-order valence-corrected chi connectivity index (χ2v) is 4.47. The van der Waals surface area contributed by atoms with Crippen molar-refractivity contribution < 1.29 is 9.18 Å². The minimum atomic E-state index is -0.339. The molecule has 17 heavy (non-hydrogen) atoms. The molecule has 0 spiro atoms. The molecule has 3 heteroatoms. The average Bonchev–Trinajstić information content (AvgIpc) is 2.25. The highest BCUT2D eigenvalue weighted by Gasteiger charge is 2.06. The van der Waals surface area contributed by atoms with Crippen molar-refractivity contribution in [3.63, 3.8) is 0 Å². The van der Waals surface area contributed by atoms with Gasteiger partial charge in [-0.2, -0.15) is 0 Å². The number of carbonyl (C=O) groups excluding carboxylic acids is 1. The normalized spacial score (nSPS) is 10.4. The summed E-state index contributed by atoms with van der Waals surface area (Å²) in [5, 5.41) is 2.80. The Morgan fingerprint density at radius 3 is 2.76 bits per heavy atom. The van der Waals surface area contributed by atoms with Gasteiger partial charge in [-0.25, -0.2) is 4.39 Å². The summed E-state index contributed by atoms with van der Waals surface area (Å²) in [6.45, 7) is 8.28. The number of halogens is 1. The summed E-state index contributed by atoms with van der Waals surface area (Å²) >= 11 is 0. The van der Waals surface area contributed by atoms with E-state index < -0.39 is 0 Å². The molecule has 0 aliphatic heterocycles. The number of benzene rings is 1. The predicted octanol–water partition coefficient (Wildman–Crippen LogP) is 2.78. The van der Waals surface area contributed by atoms with Gasteiger partial charge in [0.2, 0.25) is 5.91 Å². The standard InChI is InChI=1S/C14H18FNO/c1-4-11-5-12(7-13(15)6-11)8-14(17)16-9-10(2)3/h4-7,10H,1,8-9H2,2-3H3,(H,16,17). The van der Waals surface area contributed by atoms with Gasteiger partial charge in [-0.3, -0.25) is 4.79 Å². The van der Waals surface area contributed by atoms with E-state index in [0.717, 1.165) is 0 Å². The van der Waals surface area contributed by atoms with Crippen molar-refractivity contribution in [1.29, 1.82) is 0 Å². The maximum absolute atomic E-state index is 13.2. The molecule has 0 atom stereocenters. The van der Waals surface area contributed by atoms with Crippen molar-refractivity contribution in [2.45, 2.75) is 20.3 Å². The summed E-state index contributed by atoms with van der Waals surface area (Å²) in [5.41, 5.74) is 1.36. The third-order valence-electron chi connectivity index (χ3n) is 2.29. The molecule has 0 bridgehead atoms. The van der Waals surface area contributed by atoms with Crippen LogP contribution in [0, 0.1) is 11.7 Å². The molecule has 0 heterocycles. The second kappa shape index (κ2) is 6.18. The number of rotatable bonds is 5. The molecular formula is C14H18FNO. The van der Waals surface area contributed by atoms with Crippen LogP contribution in [-0.4, -0.2) is 12.5 Å². The Kier molecular flexibility index (Phi) is 4.88. The summed E-state index contributed by atoms with van der Waals surface area (Å²) in [7, 11) is 0. The fourth-order valence-electron chi connectivity index (χ4n) is 1.46. The largest absolute Gasteiger partial charge is 0.356 e. The number of hydrogen-bond donors (Lipinski definition) is 1. The van der Waals surface area contributed by atoms with Crippen molar-refractivity contribution in [2.24, 2.45) is 5.92 Å². The van der Waals surface area contributed by atoms with Crippen molar-refractivity contribution in [2.75, 3.05) is 6.54 Å². The Bertz CT molecular complexity index is 413. The number of nitrogens with one attached hydrogen (secondary N) is 1. The zero-order valence-electron chi connectivity index (χ0n) is 10.3. The quantitative estimate of drug-likeness (QED) is 0.835. The third-order valence-corrected chi connectivity index (χ3v) is 2.29. The van der Waals surface area contributed by atoms with E-state index >= 15 is 0 Å². The van der Waals surface area contributed by atoms with Crippen LogP contribution in [0.1, 0.15) is 25.0 Å². The number of carbonyl (C=O) groups is 1. The van der Waals surface area contributed by atoms with Gasteiger partial charge in [-0.05, 0) is 29.2 Å². The highest BCUT2D eigenvalue weighted by Crippen LogP contribution is 2.11. The SMILES string of the molecule is C=Cc1cc(F)cc(CC(=O)NCC(C)C)c1. The Balaban J connectivity index is 2.64. The maximum Gasteiger partial charge on any atom is 0.224 e. The minimum absolute atomic E-state index is 0.0840. The summed E-state index contributed by atoms with van der Waals surface area (Å²) in [5.74, 6) is -0.0106. The lowest BCUT2D eigenvalue weighted by atomic mass is 10.1. The fourth-order valence-corrected chi connectivity index (χ4v) is 1.46. The van der Waals surface area contributed by atoms with Crippen molar-refractivity contribution in [1.82, 2.24) is 5.32 Å². The first-order chi connectivity index (χ1) is 8.01. The van der Waals surface area contributed by atoms with Gasteiger partial charge in [0.25, 0.3) is 0 Å². The van der Waals surface area contributed by atoms with Gasteiger partial charge in [-0.15, -0.1) is 0 Å². The molecule has 0 fully saturated rings. The van der Waals surface area contributed by atoms with Crippen LogP contribution in [0.4, 0.5) is 4.39 Å². The summed E-state index contributed by atoms with van der Waals surface area (Å²) in [4.78, 5) is 11.6. The van der Waals surface area contributed by atoms with Gasteiger partial charge in [0.15, 0.2) is 0 Å². The first kappa shape index (κ1) is 13.4. The monoisotopic (exact) mass is 235 g/mol. The van der Waals surface area contributed by atoms with E-state index in [4.69, 9.17) is 0 Å². The summed E-state index contributed by atoms with van der Waals surface area (Å²) in [6.07, 6.45) is 1.77. The zero-order chi connectivity index (χ0) is 12.8. The molecule has 1 aromatic carbocycles. The van der Waals surface area contributed by atoms with Gasteiger partial charge in [0, 0.05) is 6.54 Å². The van der Waals surface area contributed by atoms with Crippen LogP contribution >= 0.6 is 0 Å². The molecule has 1 amide bonds. The fraction of sp³-hybridized carbons (Fsp3) is 0.357. The van der Waals surface area contributed by atoms with Crippen LogP contribution < -0.4 is 5.32 Å². The van der Waals surface area contributed by atoms with Gasteiger partial charge in [0.05, 0.1) is 6.42 Å². The zero-order valence-corrected chi connectivity index (χ0v) is 10.3. The number of amides is 1. The third kappa shape index (κ3) is 4.81. The Morgan fingerprint density at radius 2 is 2.18 bits per heavy atom. The van der Waals surface area contributed by atoms with Crippen LogP contribution in [0.5, 0.6) is 0 Å². The van der Waals surface area contributed by atoms with Crippen molar-refractivity contribution in [3.8, 4) is 0 Å². The van der Waals surface area contributed by atoms with Crippen molar-refractivity contribution in [3.05, 3.63) is 41.7 Å². The van der Waals surface area contributed by atoms with Crippen molar-refractivity contribution >= 4 is 12.0 Å². The molecule has 92 valence electrons. The topological polar surface area (TPSA) is 29.1 Å². The Hall–Kier alpha value is -1.64. The average molecular weight is 235 g/mol. The molecular weight excluding hydrogens is 217 g/mol. The second-order valence-electron chi connectivity index (χ2n) is 4.47. The molecule has 1 N–H and O–H groups in total. The maximum atomic E-state index is 13.2. The highest BCUT2D eigenvalue weighted by molar-refractivity contribution is 5.78. The van der Waals surface area contributed by atoms with E-state index in [1.165, 1.54) is 12.1 Å². The summed E-state index contributed by atoms with van der Waals surface area (Å²) in [6, 6.07) is 4.54. The molecule has 0 saturated heterocycles. The molecule has 1 rings (SSSR count). The molecule has 0 aromatic heterocycles. The van der Waals surface area contributed by atoms with Crippen LogP contribution in [0.15, 0.2) is 24.8 Å². The van der Waals surface area contributed by atoms with Crippen LogP contribution in [0.25, 0.3) is 6.08 Å².